The zero-order valence-corrected chi connectivity index (χ0v) is 11.4. The van der Waals surface area contributed by atoms with Crippen LogP contribution in [0.15, 0.2) is 35.1 Å². The number of aromatic nitrogens is 1. The molecule has 0 amide bonds. The van der Waals surface area contributed by atoms with Gasteiger partial charge in [-0.15, -0.1) is 0 Å². The molecular formula is C16H18N2O. The predicted octanol–water partition coefficient (Wildman–Crippen LogP) is 2.81. The van der Waals surface area contributed by atoms with Crippen molar-refractivity contribution in [2.75, 3.05) is 11.9 Å². The smallest absolute Gasteiger partial charge is 0.182 e. The molecule has 3 rings (SSSR count). The number of pyridine rings is 1. The molecule has 1 aliphatic rings. The van der Waals surface area contributed by atoms with Gasteiger partial charge < -0.3 is 9.88 Å². The summed E-state index contributed by atoms with van der Waals surface area (Å²) in [4.78, 5) is 11.5. The molecule has 1 aliphatic heterocycles. The fourth-order valence-electron chi connectivity index (χ4n) is 2.87. The number of rotatable bonds is 1. The highest BCUT2D eigenvalue weighted by Gasteiger charge is 2.11. The normalized spacial score (nSPS) is 13.8. The van der Waals surface area contributed by atoms with Gasteiger partial charge in [0, 0.05) is 41.4 Å². The van der Waals surface area contributed by atoms with Crippen LogP contribution in [0.1, 0.15) is 23.4 Å². The zero-order chi connectivity index (χ0) is 13.4. The largest absolute Gasteiger partial charge is 0.385 e. The second-order valence-electron chi connectivity index (χ2n) is 5.18. The van der Waals surface area contributed by atoms with Crippen molar-refractivity contribution in [2.45, 2.75) is 26.7 Å². The van der Waals surface area contributed by atoms with Crippen molar-refractivity contribution in [3.63, 3.8) is 0 Å². The number of aryl methyl sites for hydroxylation is 3. The van der Waals surface area contributed by atoms with Crippen molar-refractivity contribution in [1.29, 1.82) is 0 Å². The Kier molecular flexibility index (Phi) is 2.90. The van der Waals surface area contributed by atoms with Gasteiger partial charge in [0.15, 0.2) is 5.43 Å². The van der Waals surface area contributed by atoms with E-state index in [1.54, 1.807) is 12.1 Å². The summed E-state index contributed by atoms with van der Waals surface area (Å²) >= 11 is 0. The minimum atomic E-state index is 0.0749. The number of anilines is 1. The lowest BCUT2D eigenvalue weighted by Gasteiger charge is -2.21. The average Bonchev–Trinajstić information content (AvgIpc) is 2.37. The second-order valence-corrected chi connectivity index (χ2v) is 5.18. The van der Waals surface area contributed by atoms with Crippen LogP contribution in [0.25, 0.3) is 5.69 Å². The number of hydrogen-bond donors (Lipinski definition) is 1. The molecule has 2 aromatic rings. The maximum atomic E-state index is 11.5. The molecule has 2 heterocycles. The van der Waals surface area contributed by atoms with Crippen LogP contribution in [-0.4, -0.2) is 11.1 Å². The van der Waals surface area contributed by atoms with E-state index in [1.807, 2.05) is 13.8 Å². The van der Waals surface area contributed by atoms with Crippen molar-refractivity contribution >= 4 is 5.69 Å². The standard InChI is InChI=1S/C16H18N2O/c1-11-8-15(19)9-12(2)18(11)14-5-6-16-13(10-14)4-3-7-17-16/h5-6,8-10,17H,3-4,7H2,1-2H3. The van der Waals surface area contributed by atoms with Gasteiger partial charge in [-0.1, -0.05) is 0 Å². The first-order valence-electron chi connectivity index (χ1n) is 6.72. The van der Waals surface area contributed by atoms with E-state index in [0.29, 0.717) is 0 Å². The first-order chi connectivity index (χ1) is 9.15. The zero-order valence-electron chi connectivity index (χ0n) is 11.4. The van der Waals surface area contributed by atoms with Gasteiger partial charge in [-0.2, -0.15) is 0 Å². The summed E-state index contributed by atoms with van der Waals surface area (Å²) in [6, 6.07) is 9.85. The Morgan fingerprint density at radius 2 is 1.84 bits per heavy atom. The molecule has 1 aromatic heterocycles. The number of nitrogens with zero attached hydrogens (tertiary/aromatic N) is 1. The average molecular weight is 254 g/mol. The van der Waals surface area contributed by atoms with Crippen LogP contribution in [0.3, 0.4) is 0 Å². The summed E-state index contributed by atoms with van der Waals surface area (Å²) in [5, 5.41) is 3.42. The molecule has 0 fully saturated rings. The summed E-state index contributed by atoms with van der Waals surface area (Å²) in [6.45, 7) is 5.01. The van der Waals surface area contributed by atoms with Crippen LogP contribution in [0.2, 0.25) is 0 Å². The minimum Gasteiger partial charge on any atom is -0.385 e. The van der Waals surface area contributed by atoms with E-state index >= 15 is 0 Å². The van der Waals surface area contributed by atoms with Gasteiger partial charge in [0.1, 0.15) is 0 Å². The Hall–Kier alpha value is -2.03. The van der Waals surface area contributed by atoms with Crippen LogP contribution in [0.5, 0.6) is 0 Å². The molecule has 0 unspecified atom stereocenters. The SMILES string of the molecule is Cc1cc(=O)cc(C)n1-c1ccc2c(c1)CCCN2. The van der Waals surface area contributed by atoms with E-state index in [2.05, 4.69) is 28.1 Å². The molecule has 0 saturated carbocycles. The van der Waals surface area contributed by atoms with Crippen molar-refractivity contribution in [3.05, 3.63) is 57.5 Å². The van der Waals surface area contributed by atoms with Crippen molar-refractivity contribution in [2.24, 2.45) is 0 Å². The number of hydrogen-bond acceptors (Lipinski definition) is 2. The van der Waals surface area contributed by atoms with E-state index in [1.165, 1.54) is 17.7 Å². The molecule has 0 spiro atoms. The molecule has 3 heteroatoms. The molecule has 0 atom stereocenters. The Morgan fingerprint density at radius 1 is 1.11 bits per heavy atom. The van der Waals surface area contributed by atoms with Crippen molar-refractivity contribution < 1.29 is 0 Å². The van der Waals surface area contributed by atoms with E-state index < -0.39 is 0 Å². The molecule has 1 aromatic carbocycles. The third kappa shape index (κ3) is 2.16. The molecule has 1 N–H and O–H groups in total. The van der Waals surface area contributed by atoms with Crippen LogP contribution in [-0.2, 0) is 6.42 Å². The number of fused-ring (bicyclic) bond motifs is 1. The topological polar surface area (TPSA) is 34.0 Å². The van der Waals surface area contributed by atoms with Gasteiger partial charge in [0.2, 0.25) is 0 Å². The number of nitrogens with one attached hydrogen (secondary N) is 1. The fourth-order valence-corrected chi connectivity index (χ4v) is 2.87. The van der Waals surface area contributed by atoms with E-state index in [4.69, 9.17) is 0 Å². The van der Waals surface area contributed by atoms with Crippen molar-refractivity contribution in [1.82, 2.24) is 4.57 Å². The molecule has 0 radical (unpaired) electrons. The lowest BCUT2D eigenvalue weighted by atomic mass is 10.0. The van der Waals surface area contributed by atoms with Gasteiger partial charge in [-0.3, -0.25) is 4.79 Å². The molecular weight excluding hydrogens is 236 g/mol. The van der Waals surface area contributed by atoms with Gasteiger partial charge in [0.25, 0.3) is 0 Å². The molecule has 3 nitrogen and oxygen atoms in total. The quantitative estimate of drug-likeness (QED) is 0.849. The van der Waals surface area contributed by atoms with Crippen LogP contribution < -0.4 is 10.7 Å². The third-order valence-corrected chi connectivity index (χ3v) is 3.69. The van der Waals surface area contributed by atoms with Gasteiger partial charge >= 0.3 is 0 Å². The van der Waals surface area contributed by atoms with Gasteiger partial charge in [0.05, 0.1) is 0 Å². The van der Waals surface area contributed by atoms with Gasteiger partial charge in [-0.05, 0) is 50.5 Å². The molecule has 0 aliphatic carbocycles. The number of benzene rings is 1. The van der Waals surface area contributed by atoms with Gasteiger partial charge in [-0.25, -0.2) is 0 Å². The maximum absolute atomic E-state index is 11.5. The third-order valence-electron chi connectivity index (χ3n) is 3.69. The summed E-state index contributed by atoms with van der Waals surface area (Å²) < 4.78 is 2.14. The molecule has 19 heavy (non-hydrogen) atoms. The Balaban J connectivity index is 2.15. The molecule has 0 bridgehead atoms. The fraction of sp³-hybridized carbons (Fsp3) is 0.312. The highest BCUT2D eigenvalue weighted by molar-refractivity contribution is 5.58. The Labute approximate surface area is 112 Å². The van der Waals surface area contributed by atoms with Crippen LogP contribution in [0, 0.1) is 13.8 Å². The summed E-state index contributed by atoms with van der Waals surface area (Å²) in [6.07, 6.45) is 2.30. The lowest BCUT2D eigenvalue weighted by Crippen LogP contribution is -2.14. The first kappa shape index (κ1) is 12.0. The summed E-state index contributed by atoms with van der Waals surface area (Å²) in [7, 11) is 0. The molecule has 98 valence electrons. The Morgan fingerprint density at radius 3 is 2.58 bits per heavy atom. The minimum absolute atomic E-state index is 0.0749. The lowest BCUT2D eigenvalue weighted by molar-refractivity contribution is 0.825. The van der Waals surface area contributed by atoms with Crippen LogP contribution in [0.4, 0.5) is 5.69 Å². The predicted molar refractivity (Wildman–Crippen MR) is 78.3 cm³/mol. The second kappa shape index (κ2) is 4.57. The monoisotopic (exact) mass is 254 g/mol. The van der Waals surface area contributed by atoms with Crippen molar-refractivity contribution in [3.8, 4) is 5.69 Å². The first-order valence-corrected chi connectivity index (χ1v) is 6.72. The maximum Gasteiger partial charge on any atom is 0.182 e. The Bertz CT molecular complexity index is 659. The van der Waals surface area contributed by atoms with E-state index in [-0.39, 0.29) is 5.43 Å². The summed E-state index contributed by atoms with van der Waals surface area (Å²) in [5.74, 6) is 0. The van der Waals surface area contributed by atoms with Crippen LogP contribution >= 0.6 is 0 Å². The summed E-state index contributed by atoms with van der Waals surface area (Å²) in [5.41, 5.74) is 5.78. The molecule has 0 saturated heterocycles. The van der Waals surface area contributed by atoms with E-state index in [9.17, 15) is 4.79 Å². The van der Waals surface area contributed by atoms with E-state index in [0.717, 1.165) is 30.0 Å². The highest BCUT2D eigenvalue weighted by Crippen LogP contribution is 2.25. The highest BCUT2D eigenvalue weighted by atomic mass is 16.1.